The predicted molar refractivity (Wildman–Crippen MR) is 113 cm³/mol. The fourth-order valence-electron chi connectivity index (χ4n) is 4.39. The highest BCUT2D eigenvalue weighted by Gasteiger charge is 2.39. The number of hydrogen-bond acceptors (Lipinski definition) is 8. The Labute approximate surface area is 181 Å². The van der Waals surface area contributed by atoms with Gasteiger partial charge in [-0.25, -0.2) is 28.2 Å². The van der Waals surface area contributed by atoms with Gasteiger partial charge in [-0.3, -0.25) is 10.1 Å². The summed E-state index contributed by atoms with van der Waals surface area (Å²) in [6, 6.07) is 4.13. The molecule has 2 unspecified atom stereocenters. The highest BCUT2D eigenvalue weighted by molar-refractivity contribution is 7.92. The van der Waals surface area contributed by atoms with E-state index >= 15 is 4.39 Å². The molecule has 2 aliphatic rings. The van der Waals surface area contributed by atoms with Gasteiger partial charge in [-0.15, -0.1) is 0 Å². The largest absolute Gasteiger partial charge is 0.490 e. The average Bonchev–Trinajstić information content (AvgIpc) is 3.18. The number of nitrogens with zero attached hydrogens (tertiary/aromatic N) is 2. The Morgan fingerprint density at radius 2 is 2.03 bits per heavy atom. The van der Waals surface area contributed by atoms with Crippen molar-refractivity contribution in [3.8, 4) is 5.75 Å². The van der Waals surface area contributed by atoms with E-state index in [1.54, 1.807) is 0 Å². The van der Waals surface area contributed by atoms with E-state index in [2.05, 4.69) is 25.5 Å². The molecule has 0 spiro atoms. The van der Waals surface area contributed by atoms with Gasteiger partial charge in [-0.2, -0.15) is 0 Å². The van der Waals surface area contributed by atoms with Gasteiger partial charge in [-0.1, -0.05) is 6.42 Å². The van der Waals surface area contributed by atoms with Crippen LogP contribution in [0.15, 0.2) is 35.6 Å². The zero-order valence-corrected chi connectivity index (χ0v) is 18.0. The van der Waals surface area contributed by atoms with Crippen LogP contribution in [0.2, 0.25) is 0 Å². The zero-order valence-electron chi connectivity index (χ0n) is 17.2. The third-order valence-electron chi connectivity index (χ3n) is 6.06. The van der Waals surface area contributed by atoms with Gasteiger partial charge in [0.25, 0.3) is 10.0 Å². The van der Waals surface area contributed by atoms with E-state index in [-0.39, 0.29) is 35.5 Å². The Morgan fingerprint density at radius 3 is 2.74 bits per heavy atom. The van der Waals surface area contributed by atoms with Gasteiger partial charge in [0.05, 0.1) is 6.17 Å². The minimum absolute atomic E-state index is 0.0625. The van der Waals surface area contributed by atoms with Crippen LogP contribution in [0.1, 0.15) is 31.2 Å². The third kappa shape index (κ3) is 4.64. The smallest absolute Gasteiger partial charge is 0.265 e. The van der Waals surface area contributed by atoms with Crippen LogP contribution in [0.25, 0.3) is 0 Å². The lowest BCUT2D eigenvalue weighted by Crippen LogP contribution is -2.45. The number of nitrogens with one attached hydrogen (secondary N) is 3. The molecule has 1 aromatic heterocycles. The first-order valence-corrected chi connectivity index (χ1v) is 11.8. The van der Waals surface area contributed by atoms with Crippen molar-refractivity contribution in [1.82, 2.24) is 20.8 Å². The molecule has 0 amide bonds. The standard InChI is InChI=1S/C20H27FN6O3S/c1-12-15(30-16-5-3-2-4-13(16)14-10-25-26-20(14)22)6-7-17(19(12)21)31(28,29)27-18-8-9-23-11-24-18/h6-9,11,13-14,16,20,25-26H,2-5,10,22H2,1H3,(H,23,24,27)/t13-,14?,16+,20?/m1/s1. The minimum Gasteiger partial charge on any atom is -0.490 e. The van der Waals surface area contributed by atoms with Crippen LogP contribution in [-0.2, 0) is 10.0 Å². The second kappa shape index (κ2) is 9.03. The maximum Gasteiger partial charge on any atom is 0.265 e. The minimum atomic E-state index is -4.15. The quantitative estimate of drug-likeness (QED) is 0.523. The number of anilines is 1. The van der Waals surface area contributed by atoms with Crippen LogP contribution in [0.4, 0.5) is 10.2 Å². The summed E-state index contributed by atoms with van der Waals surface area (Å²) in [6.45, 7) is 2.28. The molecule has 0 radical (unpaired) electrons. The molecule has 2 aromatic rings. The molecule has 0 bridgehead atoms. The second-order valence-electron chi connectivity index (χ2n) is 8.02. The summed E-state index contributed by atoms with van der Waals surface area (Å²) >= 11 is 0. The van der Waals surface area contributed by atoms with Crippen molar-refractivity contribution in [3.05, 3.63) is 42.1 Å². The van der Waals surface area contributed by atoms with E-state index in [4.69, 9.17) is 10.5 Å². The molecule has 1 saturated heterocycles. The van der Waals surface area contributed by atoms with E-state index in [1.807, 2.05) is 0 Å². The van der Waals surface area contributed by atoms with Crippen molar-refractivity contribution in [2.75, 3.05) is 11.3 Å². The molecule has 1 aliphatic heterocycles. The van der Waals surface area contributed by atoms with Crippen molar-refractivity contribution >= 4 is 15.8 Å². The summed E-state index contributed by atoms with van der Waals surface area (Å²) < 4.78 is 48.9. The summed E-state index contributed by atoms with van der Waals surface area (Å²) in [5.74, 6) is 0.0199. The predicted octanol–water partition coefficient (Wildman–Crippen LogP) is 1.67. The number of nitrogens with two attached hydrogens (primary N) is 1. The van der Waals surface area contributed by atoms with E-state index < -0.39 is 20.7 Å². The van der Waals surface area contributed by atoms with E-state index in [1.165, 1.54) is 37.6 Å². The van der Waals surface area contributed by atoms with Crippen molar-refractivity contribution in [2.24, 2.45) is 17.6 Å². The Kier molecular flexibility index (Phi) is 6.37. The number of rotatable bonds is 6. The van der Waals surface area contributed by atoms with Gasteiger partial charge < -0.3 is 10.5 Å². The van der Waals surface area contributed by atoms with Crippen LogP contribution in [-0.4, -0.2) is 37.2 Å². The first-order valence-electron chi connectivity index (χ1n) is 10.4. The number of hydrazine groups is 1. The van der Waals surface area contributed by atoms with Gasteiger partial charge in [-0.05, 0) is 44.4 Å². The maximum absolute atomic E-state index is 15.1. The van der Waals surface area contributed by atoms with Gasteiger partial charge in [0.2, 0.25) is 0 Å². The van der Waals surface area contributed by atoms with Crippen molar-refractivity contribution in [3.63, 3.8) is 0 Å². The van der Waals surface area contributed by atoms with Crippen molar-refractivity contribution in [1.29, 1.82) is 0 Å². The number of ether oxygens (including phenoxy) is 1. The first-order chi connectivity index (χ1) is 14.9. The summed E-state index contributed by atoms with van der Waals surface area (Å²) in [5.41, 5.74) is 12.5. The lowest BCUT2D eigenvalue weighted by molar-refractivity contribution is 0.0553. The fourth-order valence-corrected chi connectivity index (χ4v) is 5.53. The van der Waals surface area contributed by atoms with E-state index in [9.17, 15) is 8.42 Å². The highest BCUT2D eigenvalue weighted by atomic mass is 32.2. The van der Waals surface area contributed by atoms with E-state index in [0.29, 0.717) is 5.75 Å². The molecule has 31 heavy (non-hydrogen) atoms. The Balaban J connectivity index is 1.55. The van der Waals surface area contributed by atoms with Crippen molar-refractivity contribution in [2.45, 2.75) is 49.8 Å². The summed E-state index contributed by atoms with van der Waals surface area (Å²) in [4.78, 5) is 7.10. The van der Waals surface area contributed by atoms with Gasteiger partial charge in [0, 0.05) is 30.1 Å². The monoisotopic (exact) mass is 450 g/mol. The molecule has 9 nitrogen and oxygen atoms in total. The number of sulfonamides is 1. The Morgan fingerprint density at radius 1 is 1.23 bits per heavy atom. The molecule has 4 atom stereocenters. The Bertz CT molecular complexity index is 1020. The molecule has 5 N–H and O–H groups in total. The SMILES string of the molecule is Cc1c(O[C@H]2CCCC[C@@H]2C2CNNC2N)ccc(S(=O)(=O)Nc2ccncn2)c1F. The molecule has 1 saturated carbocycles. The average molecular weight is 451 g/mol. The molecular weight excluding hydrogens is 423 g/mol. The van der Waals surface area contributed by atoms with Gasteiger partial charge in [0.15, 0.2) is 0 Å². The third-order valence-corrected chi connectivity index (χ3v) is 7.43. The maximum atomic E-state index is 15.1. The van der Waals surface area contributed by atoms with Crippen molar-refractivity contribution < 1.29 is 17.5 Å². The van der Waals surface area contributed by atoms with Crippen LogP contribution >= 0.6 is 0 Å². The summed E-state index contributed by atoms with van der Waals surface area (Å²) in [7, 11) is -4.15. The first kappa shape index (κ1) is 21.9. The van der Waals surface area contributed by atoms with Crippen LogP contribution in [0.3, 0.4) is 0 Å². The topological polar surface area (TPSA) is 131 Å². The highest BCUT2D eigenvalue weighted by Crippen LogP contribution is 2.36. The van der Waals surface area contributed by atoms with Gasteiger partial charge in [0.1, 0.15) is 34.7 Å². The normalized spacial score (nSPS) is 26.5. The van der Waals surface area contributed by atoms with Crippen LogP contribution in [0.5, 0.6) is 5.75 Å². The van der Waals surface area contributed by atoms with E-state index in [0.717, 1.165) is 32.2 Å². The fraction of sp³-hybridized carbons (Fsp3) is 0.500. The van der Waals surface area contributed by atoms with Crippen LogP contribution < -0.4 is 26.0 Å². The number of hydrogen-bond donors (Lipinski definition) is 4. The molecular formula is C20H27FN6O3S. The molecule has 2 heterocycles. The van der Waals surface area contributed by atoms with Crippen LogP contribution in [0, 0.1) is 24.6 Å². The molecule has 2 fully saturated rings. The Hall–Kier alpha value is -2.34. The summed E-state index contributed by atoms with van der Waals surface area (Å²) in [6.07, 6.45) is 6.31. The molecule has 4 rings (SSSR count). The molecule has 1 aliphatic carbocycles. The number of benzene rings is 1. The lowest BCUT2D eigenvalue weighted by atomic mass is 9.77. The number of halogens is 1. The second-order valence-corrected chi connectivity index (χ2v) is 9.67. The molecule has 1 aromatic carbocycles. The lowest BCUT2D eigenvalue weighted by Gasteiger charge is -2.37. The molecule has 168 valence electrons. The zero-order chi connectivity index (χ0) is 22.0. The van der Waals surface area contributed by atoms with Gasteiger partial charge >= 0.3 is 0 Å². The molecule has 11 heteroatoms. The number of aromatic nitrogens is 2. The summed E-state index contributed by atoms with van der Waals surface area (Å²) in [5, 5.41) is 0.